The molecule has 2 N–H and O–H groups in total. The van der Waals surface area contributed by atoms with E-state index in [0.717, 1.165) is 11.3 Å². The van der Waals surface area contributed by atoms with E-state index in [4.69, 9.17) is 9.47 Å². The van der Waals surface area contributed by atoms with Gasteiger partial charge in [-0.2, -0.15) is 0 Å². The molecule has 21 heavy (non-hydrogen) atoms. The number of carbonyl (C=O) groups is 1. The van der Waals surface area contributed by atoms with E-state index in [1.165, 1.54) is 0 Å². The van der Waals surface area contributed by atoms with Crippen molar-refractivity contribution in [3.63, 3.8) is 0 Å². The number of aromatic amines is 1. The highest BCUT2D eigenvalue weighted by atomic mass is 16.5. The molecule has 0 atom stereocenters. The predicted molar refractivity (Wildman–Crippen MR) is 78.9 cm³/mol. The zero-order chi connectivity index (χ0) is 15.2. The minimum absolute atomic E-state index is 0.161. The molecule has 0 aliphatic carbocycles. The number of aromatic nitrogens is 2. The number of methoxy groups -OCH3 is 2. The lowest BCUT2D eigenvalue weighted by Crippen LogP contribution is -2.25. The van der Waals surface area contributed by atoms with Crippen LogP contribution in [-0.2, 0) is 6.42 Å². The van der Waals surface area contributed by atoms with Crippen LogP contribution in [0.25, 0.3) is 0 Å². The molecule has 0 bridgehead atoms. The average molecular weight is 289 g/mol. The van der Waals surface area contributed by atoms with E-state index in [-0.39, 0.29) is 5.91 Å². The Kier molecular flexibility index (Phi) is 4.81. The molecule has 6 nitrogen and oxygen atoms in total. The number of nitrogens with one attached hydrogen (secondary N) is 2. The van der Waals surface area contributed by atoms with Gasteiger partial charge in [-0.1, -0.05) is 0 Å². The van der Waals surface area contributed by atoms with Crippen LogP contribution in [0.3, 0.4) is 0 Å². The summed E-state index contributed by atoms with van der Waals surface area (Å²) in [5.41, 5.74) is 2.36. The van der Waals surface area contributed by atoms with Gasteiger partial charge in [0.1, 0.15) is 11.5 Å². The fraction of sp³-hybridized carbons (Fsp3) is 0.333. The van der Waals surface area contributed by atoms with Crippen molar-refractivity contribution >= 4 is 5.91 Å². The summed E-state index contributed by atoms with van der Waals surface area (Å²) in [6, 6.07) is 3.42. The molecule has 0 saturated heterocycles. The molecule has 0 spiro atoms. The maximum atomic E-state index is 12.2. The van der Waals surface area contributed by atoms with E-state index in [0.29, 0.717) is 30.0 Å². The molecule has 2 aromatic rings. The number of rotatable bonds is 6. The van der Waals surface area contributed by atoms with Gasteiger partial charge in [-0.25, -0.2) is 4.98 Å². The van der Waals surface area contributed by atoms with E-state index in [9.17, 15) is 4.79 Å². The molecule has 2 rings (SSSR count). The van der Waals surface area contributed by atoms with Gasteiger partial charge in [0, 0.05) is 36.0 Å². The Morgan fingerprint density at radius 2 is 1.95 bits per heavy atom. The van der Waals surface area contributed by atoms with Gasteiger partial charge in [0.05, 0.1) is 20.5 Å². The number of benzene rings is 1. The first kappa shape index (κ1) is 14.9. The second-order valence-electron chi connectivity index (χ2n) is 4.59. The van der Waals surface area contributed by atoms with Crippen LogP contribution in [0.2, 0.25) is 0 Å². The van der Waals surface area contributed by atoms with Gasteiger partial charge in [0.15, 0.2) is 0 Å². The van der Waals surface area contributed by atoms with Crippen molar-refractivity contribution in [1.29, 1.82) is 0 Å². The lowest BCUT2D eigenvalue weighted by Gasteiger charge is -2.12. The molecule has 1 aromatic carbocycles. The number of hydrogen-bond acceptors (Lipinski definition) is 4. The van der Waals surface area contributed by atoms with E-state index in [1.54, 1.807) is 38.9 Å². The fourth-order valence-corrected chi connectivity index (χ4v) is 2.05. The Hall–Kier alpha value is -2.50. The van der Waals surface area contributed by atoms with E-state index < -0.39 is 0 Å². The fourth-order valence-electron chi connectivity index (χ4n) is 2.05. The number of amides is 1. The highest BCUT2D eigenvalue weighted by Crippen LogP contribution is 2.29. The van der Waals surface area contributed by atoms with Crippen molar-refractivity contribution in [2.75, 3.05) is 20.8 Å². The highest BCUT2D eigenvalue weighted by molar-refractivity contribution is 5.95. The Labute approximate surface area is 123 Å². The Bertz CT molecular complexity index is 584. The molecule has 1 heterocycles. The third-order valence-electron chi connectivity index (χ3n) is 3.25. The summed E-state index contributed by atoms with van der Waals surface area (Å²) in [6.07, 6.45) is 4.06. The first-order chi connectivity index (χ1) is 10.2. The van der Waals surface area contributed by atoms with Crippen molar-refractivity contribution in [3.05, 3.63) is 41.5 Å². The van der Waals surface area contributed by atoms with Crippen LogP contribution in [0.4, 0.5) is 0 Å². The van der Waals surface area contributed by atoms with E-state index in [2.05, 4.69) is 15.3 Å². The molecule has 0 fully saturated rings. The summed E-state index contributed by atoms with van der Waals surface area (Å²) < 4.78 is 10.5. The second kappa shape index (κ2) is 6.78. The molecule has 0 aliphatic heterocycles. The smallest absolute Gasteiger partial charge is 0.251 e. The summed E-state index contributed by atoms with van der Waals surface area (Å²) in [7, 11) is 3.14. The lowest BCUT2D eigenvalue weighted by atomic mass is 10.1. The summed E-state index contributed by atoms with van der Waals surface area (Å²) in [6.45, 7) is 2.41. The van der Waals surface area contributed by atoms with Crippen molar-refractivity contribution in [2.45, 2.75) is 13.3 Å². The normalized spacial score (nSPS) is 10.2. The molecule has 0 unspecified atom stereocenters. The van der Waals surface area contributed by atoms with Crippen molar-refractivity contribution < 1.29 is 14.3 Å². The summed E-state index contributed by atoms with van der Waals surface area (Å²) in [5, 5.41) is 2.86. The quantitative estimate of drug-likeness (QED) is 0.848. The number of imidazole rings is 1. The van der Waals surface area contributed by atoms with Gasteiger partial charge in [-0.15, -0.1) is 0 Å². The van der Waals surface area contributed by atoms with Crippen LogP contribution in [0, 0.1) is 6.92 Å². The van der Waals surface area contributed by atoms with E-state index in [1.807, 2.05) is 6.92 Å². The van der Waals surface area contributed by atoms with Crippen LogP contribution in [0.15, 0.2) is 24.7 Å². The SMILES string of the molecule is COc1cc(C(=O)NCCc2cnc[nH]2)cc(OC)c1C. The van der Waals surface area contributed by atoms with Gasteiger partial charge < -0.3 is 19.8 Å². The third kappa shape index (κ3) is 3.53. The molecular formula is C15H19N3O3. The van der Waals surface area contributed by atoms with Gasteiger partial charge in [0.2, 0.25) is 0 Å². The maximum Gasteiger partial charge on any atom is 0.251 e. The van der Waals surface area contributed by atoms with Crippen LogP contribution in [0.1, 0.15) is 21.6 Å². The van der Waals surface area contributed by atoms with Gasteiger partial charge in [0.25, 0.3) is 5.91 Å². The molecule has 1 amide bonds. The molecular weight excluding hydrogens is 270 g/mol. The number of hydrogen-bond donors (Lipinski definition) is 2. The molecule has 1 aromatic heterocycles. The van der Waals surface area contributed by atoms with Crippen LogP contribution in [0.5, 0.6) is 11.5 Å². The molecule has 112 valence electrons. The molecule has 0 aliphatic rings. The average Bonchev–Trinajstić information content (AvgIpc) is 3.00. The van der Waals surface area contributed by atoms with Crippen molar-refractivity contribution in [3.8, 4) is 11.5 Å². The largest absolute Gasteiger partial charge is 0.496 e. The maximum absolute atomic E-state index is 12.2. The van der Waals surface area contributed by atoms with Gasteiger partial charge in [-0.3, -0.25) is 4.79 Å². The zero-order valence-electron chi connectivity index (χ0n) is 12.4. The first-order valence-corrected chi connectivity index (χ1v) is 6.63. The predicted octanol–water partition coefficient (Wildman–Crippen LogP) is 1.71. The standard InChI is InChI=1S/C15H19N3O3/c1-10-13(20-2)6-11(7-14(10)21-3)15(19)17-5-4-12-8-16-9-18-12/h6-9H,4-5H2,1-3H3,(H,16,18)(H,17,19). The molecule has 0 saturated carbocycles. The van der Waals surface area contributed by atoms with Gasteiger partial charge in [-0.05, 0) is 19.1 Å². The van der Waals surface area contributed by atoms with Crippen LogP contribution < -0.4 is 14.8 Å². The van der Waals surface area contributed by atoms with Crippen molar-refractivity contribution in [1.82, 2.24) is 15.3 Å². The minimum atomic E-state index is -0.161. The highest BCUT2D eigenvalue weighted by Gasteiger charge is 2.13. The summed E-state index contributed by atoms with van der Waals surface area (Å²) in [5.74, 6) is 1.10. The number of nitrogens with zero attached hydrogens (tertiary/aromatic N) is 1. The molecule has 0 radical (unpaired) electrons. The third-order valence-corrected chi connectivity index (χ3v) is 3.25. The number of H-pyrrole nitrogens is 1. The van der Waals surface area contributed by atoms with E-state index >= 15 is 0 Å². The molecule has 6 heteroatoms. The zero-order valence-corrected chi connectivity index (χ0v) is 12.4. The van der Waals surface area contributed by atoms with Gasteiger partial charge >= 0.3 is 0 Å². The Morgan fingerprint density at radius 3 is 2.48 bits per heavy atom. The number of ether oxygens (including phenoxy) is 2. The van der Waals surface area contributed by atoms with Crippen LogP contribution in [-0.4, -0.2) is 36.6 Å². The lowest BCUT2D eigenvalue weighted by molar-refractivity contribution is 0.0953. The summed E-state index contributed by atoms with van der Waals surface area (Å²) in [4.78, 5) is 19.1. The monoisotopic (exact) mass is 289 g/mol. The number of carbonyl (C=O) groups excluding carboxylic acids is 1. The Morgan fingerprint density at radius 1 is 1.29 bits per heavy atom. The van der Waals surface area contributed by atoms with Crippen molar-refractivity contribution in [2.24, 2.45) is 0 Å². The topological polar surface area (TPSA) is 76.2 Å². The first-order valence-electron chi connectivity index (χ1n) is 6.63. The summed E-state index contributed by atoms with van der Waals surface area (Å²) >= 11 is 0. The Balaban J connectivity index is 2.04. The van der Waals surface area contributed by atoms with Crippen LogP contribution >= 0.6 is 0 Å². The second-order valence-corrected chi connectivity index (χ2v) is 4.59. The minimum Gasteiger partial charge on any atom is -0.496 e.